The van der Waals surface area contributed by atoms with Gasteiger partial charge in [-0.15, -0.1) is 0 Å². The first kappa shape index (κ1) is 25.1. The Labute approximate surface area is 232 Å². The molecule has 0 unspecified atom stereocenters. The Bertz CT molecular complexity index is 1620. The number of halogens is 2. The number of hydrogen-bond donors (Lipinski definition) is 1. The lowest BCUT2D eigenvalue weighted by atomic mass is 10.0. The molecule has 0 atom stereocenters. The van der Waals surface area contributed by atoms with Crippen molar-refractivity contribution in [2.24, 2.45) is 0 Å². The van der Waals surface area contributed by atoms with Gasteiger partial charge in [0.15, 0.2) is 0 Å². The molecule has 0 aliphatic carbocycles. The highest BCUT2D eigenvalue weighted by atomic mass is 35.5. The molecule has 0 saturated carbocycles. The molecule has 7 heteroatoms. The van der Waals surface area contributed by atoms with E-state index >= 15 is 0 Å². The molecule has 0 spiro atoms. The van der Waals surface area contributed by atoms with Crippen LogP contribution in [0, 0.1) is 5.82 Å². The number of fused-ring (bicyclic) bond motifs is 1. The van der Waals surface area contributed by atoms with Crippen LogP contribution in [0.1, 0.15) is 24.8 Å². The fraction of sp³-hybridized carbons (Fsp3) is 0.188. The topological polar surface area (TPSA) is 50.3 Å². The van der Waals surface area contributed by atoms with Crippen LogP contribution in [0.2, 0.25) is 5.02 Å². The maximum Gasteiger partial charge on any atom is 0.141 e. The van der Waals surface area contributed by atoms with Crippen LogP contribution in [-0.2, 0) is 6.61 Å². The quantitative estimate of drug-likeness (QED) is 0.225. The van der Waals surface area contributed by atoms with Crippen molar-refractivity contribution in [1.82, 2.24) is 9.97 Å². The third-order valence-corrected chi connectivity index (χ3v) is 7.31. The largest absolute Gasteiger partial charge is 0.487 e. The summed E-state index contributed by atoms with van der Waals surface area (Å²) in [6.07, 6.45) is 5.36. The van der Waals surface area contributed by atoms with Crippen molar-refractivity contribution in [2.75, 3.05) is 23.3 Å². The normalized spacial score (nSPS) is 13.4. The Kier molecular flexibility index (Phi) is 7.28. The Morgan fingerprint density at radius 1 is 0.846 bits per heavy atom. The number of benzene rings is 4. The van der Waals surface area contributed by atoms with Crippen molar-refractivity contribution in [2.45, 2.75) is 25.9 Å². The summed E-state index contributed by atoms with van der Waals surface area (Å²) >= 11 is 6.52. The van der Waals surface area contributed by atoms with Gasteiger partial charge < -0.3 is 15.0 Å². The molecule has 1 fully saturated rings. The fourth-order valence-corrected chi connectivity index (χ4v) is 5.23. The lowest BCUT2D eigenvalue weighted by Gasteiger charge is -2.29. The van der Waals surface area contributed by atoms with E-state index in [0.717, 1.165) is 46.4 Å². The SMILES string of the molecule is Fc1cccc(COc2ccc(Nc3ncnc4ccc(-c5cccc(N6CCCCC6)c5)cc34)cc2Cl)c1. The van der Waals surface area contributed by atoms with Gasteiger partial charge in [0, 0.05) is 29.9 Å². The Morgan fingerprint density at radius 2 is 1.69 bits per heavy atom. The van der Waals surface area contributed by atoms with E-state index in [1.807, 2.05) is 18.2 Å². The second-order valence-corrected chi connectivity index (χ2v) is 10.1. The predicted molar refractivity (Wildman–Crippen MR) is 157 cm³/mol. The minimum absolute atomic E-state index is 0.225. The Balaban J connectivity index is 1.23. The van der Waals surface area contributed by atoms with E-state index in [9.17, 15) is 4.39 Å². The number of rotatable bonds is 7. The molecule has 1 aliphatic heterocycles. The van der Waals surface area contributed by atoms with Gasteiger partial charge in [-0.2, -0.15) is 0 Å². The molecule has 6 rings (SSSR count). The average molecular weight is 539 g/mol. The molecule has 39 heavy (non-hydrogen) atoms. The minimum Gasteiger partial charge on any atom is -0.487 e. The Hall–Kier alpha value is -4.16. The molecular weight excluding hydrogens is 511 g/mol. The van der Waals surface area contributed by atoms with Crippen LogP contribution in [0.4, 0.5) is 21.6 Å². The van der Waals surface area contributed by atoms with Gasteiger partial charge >= 0.3 is 0 Å². The molecular formula is C32H28ClFN4O. The molecule has 2 heterocycles. The summed E-state index contributed by atoms with van der Waals surface area (Å²) in [4.78, 5) is 11.5. The molecule has 5 aromatic rings. The maximum atomic E-state index is 13.5. The van der Waals surface area contributed by atoms with E-state index in [0.29, 0.717) is 16.6 Å². The van der Waals surface area contributed by atoms with Crippen LogP contribution in [-0.4, -0.2) is 23.1 Å². The van der Waals surface area contributed by atoms with E-state index in [1.165, 1.54) is 37.1 Å². The number of nitrogens with zero attached hydrogens (tertiary/aromatic N) is 3. The van der Waals surface area contributed by atoms with Crippen LogP contribution in [0.5, 0.6) is 5.75 Å². The molecule has 0 radical (unpaired) electrons. The van der Waals surface area contributed by atoms with Crippen molar-refractivity contribution in [3.05, 3.63) is 108 Å². The second kappa shape index (κ2) is 11.3. The van der Waals surface area contributed by atoms with Crippen LogP contribution in [0.3, 0.4) is 0 Å². The van der Waals surface area contributed by atoms with Gasteiger partial charge in [-0.05, 0) is 90.6 Å². The predicted octanol–water partition coefficient (Wildman–Crippen LogP) is 8.40. The van der Waals surface area contributed by atoms with Crippen LogP contribution in [0.25, 0.3) is 22.0 Å². The summed E-state index contributed by atoms with van der Waals surface area (Å²) < 4.78 is 19.3. The number of hydrogen-bond acceptors (Lipinski definition) is 5. The summed E-state index contributed by atoms with van der Waals surface area (Å²) in [5, 5.41) is 4.76. The van der Waals surface area contributed by atoms with Gasteiger partial charge in [0.2, 0.25) is 0 Å². The zero-order chi connectivity index (χ0) is 26.6. The third-order valence-electron chi connectivity index (χ3n) is 7.01. The summed E-state index contributed by atoms with van der Waals surface area (Å²) in [7, 11) is 0. The zero-order valence-electron chi connectivity index (χ0n) is 21.4. The smallest absolute Gasteiger partial charge is 0.141 e. The first-order chi connectivity index (χ1) is 19.1. The van der Waals surface area contributed by atoms with Crippen molar-refractivity contribution < 1.29 is 9.13 Å². The van der Waals surface area contributed by atoms with Gasteiger partial charge in [0.1, 0.15) is 30.3 Å². The van der Waals surface area contributed by atoms with E-state index in [1.54, 1.807) is 24.5 Å². The second-order valence-electron chi connectivity index (χ2n) is 9.74. The highest BCUT2D eigenvalue weighted by molar-refractivity contribution is 6.32. The lowest BCUT2D eigenvalue weighted by molar-refractivity contribution is 0.306. The highest BCUT2D eigenvalue weighted by Gasteiger charge is 2.13. The van der Waals surface area contributed by atoms with E-state index in [2.05, 4.69) is 56.6 Å². The maximum absolute atomic E-state index is 13.5. The molecule has 5 nitrogen and oxygen atoms in total. The number of ether oxygens (including phenoxy) is 1. The van der Waals surface area contributed by atoms with Gasteiger partial charge in [-0.3, -0.25) is 0 Å². The Morgan fingerprint density at radius 3 is 2.54 bits per heavy atom. The summed E-state index contributed by atoms with van der Waals surface area (Å²) in [5.41, 5.74) is 5.90. The molecule has 1 aromatic heterocycles. The number of piperidine rings is 1. The standard InChI is InChI=1S/C32H28ClFN4O/c33-29-19-26(11-13-31(29)39-20-22-6-4-8-25(34)16-22)37-32-28-18-24(10-12-30(28)35-21-36-32)23-7-5-9-27(17-23)38-14-2-1-3-15-38/h4-13,16-19,21H,1-3,14-15,20H2,(H,35,36,37). The van der Waals surface area contributed by atoms with Crippen molar-refractivity contribution >= 4 is 39.7 Å². The van der Waals surface area contributed by atoms with E-state index < -0.39 is 0 Å². The van der Waals surface area contributed by atoms with Gasteiger partial charge in [0.25, 0.3) is 0 Å². The molecule has 1 saturated heterocycles. The highest BCUT2D eigenvalue weighted by Crippen LogP contribution is 2.33. The lowest BCUT2D eigenvalue weighted by Crippen LogP contribution is -2.29. The number of anilines is 3. The van der Waals surface area contributed by atoms with Gasteiger partial charge in [0.05, 0.1) is 10.5 Å². The third kappa shape index (κ3) is 5.81. The summed E-state index contributed by atoms with van der Waals surface area (Å²) in [6, 6.07) is 26.8. The molecule has 0 amide bonds. The first-order valence-electron chi connectivity index (χ1n) is 13.2. The van der Waals surface area contributed by atoms with Gasteiger partial charge in [-0.25, -0.2) is 14.4 Å². The van der Waals surface area contributed by atoms with E-state index in [4.69, 9.17) is 16.3 Å². The van der Waals surface area contributed by atoms with Crippen LogP contribution >= 0.6 is 11.6 Å². The molecule has 1 aliphatic rings. The van der Waals surface area contributed by atoms with Crippen molar-refractivity contribution in [1.29, 1.82) is 0 Å². The number of nitrogens with one attached hydrogen (secondary N) is 1. The van der Waals surface area contributed by atoms with Gasteiger partial charge in [-0.1, -0.05) is 41.9 Å². The minimum atomic E-state index is -0.295. The molecule has 4 aromatic carbocycles. The van der Waals surface area contributed by atoms with Crippen molar-refractivity contribution in [3.8, 4) is 16.9 Å². The molecule has 0 bridgehead atoms. The molecule has 1 N–H and O–H groups in total. The monoisotopic (exact) mass is 538 g/mol. The summed E-state index contributed by atoms with van der Waals surface area (Å²) in [5.74, 6) is 0.921. The van der Waals surface area contributed by atoms with E-state index in [-0.39, 0.29) is 12.4 Å². The van der Waals surface area contributed by atoms with Crippen LogP contribution in [0.15, 0.2) is 91.3 Å². The van der Waals surface area contributed by atoms with Crippen LogP contribution < -0.4 is 15.0 Å². The fourth-order valence-electron chi connectivity index (χ4n) is 4.99. The van der Waals surface area contributed by atoms with Crippen molar-refractivity contribution in [3.63, 3.8) is 0 Å². The number of aromatic nitrogens is 2. The molecule has 196 valence electrons. The summed E-state index contributed by atoms with van der Waals surface area (Å²) in [6.45, 7) is 2.45. The zero-order valence-corrected chi connectivity index (χ0v) is 22.2. The average Bonchev–Trinajstić information content (AvgIpc) is 2.97. The first-order valence-corrected chi connectivity index (χ1v) is 13.5.